The Bertz CT molecular complexity index is 544. The fourth-order valence-corrected chi connectivity index (χ4v) is 2.03. The van der Waals surface area contributed by atoms with Gasteiger partial charge in [-0.3, -0.25) is 13.9 Å². The van der Waals surface area contributed by atoms with Gasteiger partial charge >= 0.3 is 5.69 Å². The normalized spacial score (nSPS) is 15.3. The molecule has 3 N–H and O–H groups in total. The third-order valence-electron chi connectivity index (χ3n) is 3.12. The van der Waals surface area contributed by atoms with E-state index in [1.54, 1.807) is 7.05 Å². The van der Waals surface area contributed by atoms with Crippen molar-refractivity contribution in [3.8, 4) is 0 Å². The highest BCUT2D eigenvalue weighted by atomic mass is 35.5. The van der Waals surface area contributed by atoms with Gasteiger partial charge in [-0.15, -0.1) is 0 Å². The van der Waals surface area contributed by atoms with Crippen LogP contribution in [0.15, 0.2) is 9.59 Å². The molecule has 0 aromatic carbocycles. The molecule has 2 rings (SSSR count). The topological polar surface area (TPSA) is 85.3 Å². The molecule has 1 saturated heterocycles. The fourth-order valence-electron chi connectivity index (χ4n) is 2.03. The molecule has 0 aliphatic carbocycles. The van der Waals surface area contributed by atoms with Crippen molar-refractivity contribution in [3.63, 3.8) is 0 Å². The van der Waals surface area contributed by atoms with Crippen LogP contribution in [0, 0.1) is 0 Å². The van der Waals surface area contributed by atoms with Gasteiger partial charge in [0.05, 0.1) is 0 Å². The second-order valence-corrected chi connectivity index (χ2v) is 4.18. The summed E-state index contributed by atoms with van der Waals surface area (Å²) < 4.78 is 2.40. The number of hydrogen-bond donors (Lipinski definition) is 2. The minimum atomic E-state index is -0.397. The van der Waals surface area contributed by atoms with Gasteiger partial charge in [-0.05, 0) is 0 Å². The first-order valence-electron chi connectivity index (χ1n) is 5.55. The molecule has 1 aromatic rings. The molecule has 0 bridgehead atoms. The minimum Gasteiger partial charge on any atom is -1.00 e. The molecule has 8 heteroatoms. The number of rotatable bonds is 1. The molecule has 102 valence electrons. The molecular weight excluding hydrogens is 258 g/mol. The summed E-state index contributed by atoms with van der Waals surface area (Å²) in [6.45, 7) is 3.06. The van der Waals surface area contributed by atoms with Crippen LogP contribution in [0.1, 0.15) is 0 Å². The lowest BCUT2D eigenvalue weighted by Gasteiger charge is -2.30. The number of halogens is 1. The first-order valence-corrected chi connectivity index (χ1v) is 5.55. The van der Waals surface area contributed by atoms with E-state index in [0.29, 0.717) is 5.69 Å². The van der Waals surface area contributed by atoms with Crippen molar-refractivity contribution in [2.45, 2.75) is 0 Å². The first kappa shape index (κ1) is 14.6. The zero-order chi connectivity index (χ0) is 12.6. The quantitative estimate of drug-likeness (QED) is 0.536. The maximum Gasteiger partial charge on any atom is 0.332 e. The monoisotopic (exact) mass is 274 g/mol. The predicted octanol–water partition coefficient (Wildman–Crippen LogP) is -4.92. The molecular formula is C10H17ClN5O2-. The molecule has 1 aliphatic rings. The largest absolute Gasteiger partial charge is 1.00 e. The summed E-state index contributed by atoms with van der Waals surface area (Å²) in [6, 6.07) is 0. The number of nitrogens with zero attached hydrogens (tertiary/aromatic N) is 3. The van der Waals surface area contributed by atoms with E-state index < -0.39 is 5.69 Å². The molecule has 18 heavy (non-hydrogen) atoms. The molecule has 0 amide bonds. The minimum absolute atomic E-state index is 0. The Morgan fingerprint density at radius 2 is 1.67 bits per heavy atom. The number of nitrogens with two attached hydrogens (primary N) is 1. The molecule has 1 aliphatic heterocycles. The molecule has 0 atom stereocenters. The van der Waals surface area contributed by atoms with Crippen molar-refractivity contribution in [1.82, 2.24) is 14.5 Å². The second-order valence-electron chi connectivity index (χ2n) is 4.18. The van der Waals surface area contributed by atoms with E-state index in [1.165, 1.54) is 11.6 Å². The fraction of sp³-hybridized carbons (Fsp3) is 0.600. The Morgan fingerprint density at radius 1 is 1.11 bits per heavy atom. The van der Waals surface area contributed by atoms with Crippen molar-refractivity contribution in [1.29, 1.82) is 0 Å². The molecule has 0 radical (unpaired) electrons. The lowest BCUT2D eigenvalue weighted by Crippen LogP contribution is -3.00. The SMILES string of the molecule is Cn1c(N)c(N2CCNCC2)c(=O)n(C)c1=O.[Cl-]. The molecule has 7 nitrogen and oxygen atoms in total. The van der Waals surface area contributed by atoms with E-state index >= 15 is 0 Å². The average Bonchev–Trinajstić information content (AvgIpc) is 2.36. The molecule has 1 fully saturated rings. The Balaban J connectivity index is 0.00000162. The number of piperazine rings is 1. The highest BCUT2D eigenvalue weighted by Gasteiger charge is 2.20. The molecule has 2 heterocycles. The van der Waals surface area contributed by atoms with Gasteiger partial charge in [0.25, 0.3) is 5.56 Å². The van der Waals surface area contributed by atoms with Crippen LogP contribution in [-0.4, -0.2) is 35.3 Å². The van der Waals surface area contributed by atoms with Crippen molar-refractivity contribution in [2.24, 2.45) is 14.1 Å². The summed E-state index contributed by atoms with van der Waals surface area (Å²) in [7, 11) is 3.04. The highest BCUT2D eigenvalue weighted by Crippen LogP contribution is 2.15. The summed E-state index contributed by atoms with van der Waals surface area (Å²) in [5.41, 5.74) is 5.58. The Hall–Kier alpha value is -1.47. The van der Waals surface area contributed by atoms with Crippen LogP contribution in [0.3, 0.4) is 0 Å². The van der Waals surface area contributed by atoms with Gasteiger partial charge in [-0.1, -0.05) is 0 Å². The smallest absolute Gasteiger partial charge is 0.332 e. The van der Waals surface area contributed by atoms with Gasteiger partial charge < -0.3 is 28.4 Å². The van der Waals surface area contributed by atoms with E-state index in [-0.39, 0.29) is 23.8 Å². The number of nitrogens with one attached hydrogen (secondary N) is 1. The van der Waals surface area contributed by atoms with Crippen LogP contribution in [0.4, 0.5) is 11.5 Å². The van der Waals surface area contributed by atoms with E-state index in [1.807, 2.05) is 4.90 Å². The van der Waals surface area contributed by atoms with Crippen LogP contribution < -0.4 is 39.6 Å². The lowest BCUT2D eigenvalue weighted by atomic mass is 10.3. The Labute approximate surface area is 111 Å². The second kappa shape index (κ2) is 5.45. The number of nitrogen functional groups attached to an aromatic ring is 1. The van der Waals surface area contributed by atoms with Crippen LogP contribution in [0.25, 0.3) is 0 Å². The van der Waals surface area contributed by atoms with Crippen LogP contribution in [-0.2, 0) is 14.1 Å². The zero-order valence-electron chi connectivity index (χ0n) is 10.4. The van der Waals surface area contributed by atoms with Crippen LogP contribution >= 0.6 is 0 Å². The summed E-state index contributed by atoms with van der Waals surface area (Å²) >= 11 is 0. The van der Waals surface area contributed by atoms with Gasteiger partial charge in [0.15, 0.2) is 0 Å². The first-order chi connectivity index (χ1) is 8.04. The number of anilines is 2. The standard InChI is InChI=1S/C10H17N5O2.ClH/c1-13-8(11)7(9(16)14(2)10(13)17)15-5-3-12-4-6-15;/h12H,3-6,11H2,1-2H3;1H/p-1. The van der Waals surface area contributed by atoms with Crippen molar-refractivity contribution < 1.29 is 12.4 Å². The highest BCUT2D eigenvalue weighted by molar-refractivity contribution is 5.62. The summed E-state index contributed by atoms with van der Waals surface area (Å²) in [5, 5.41) is 3.20. The molecule has 1 aromatic heterocycles. The van der Waals surface area contributed by atoms with E-state index in [4.69, 9.17) is 5.73 Å². The molecule has 0 saturated carbocycles. The molecule has 0 unspecified atom stereocenters. The van der Waals surface area contributed by atoms with Gasteiger partial charge in [0, 0.05) is 40.3 Å². The van der Waals surface area contributed by atoms with Gasteiger partial charge in [-0.2, -0.15) is 0 Å². The van der Waals surface area contributed by atoms with E-state index in [9.17, 15) is 9.59 Å². The van der Waals surface area contributed by atoms with Crippen molar-refractivity contribution >= 4 is 11.5 Å². The average molecular weight is 275 g/mol. The zero-order valence-corrected chi connectivity index (χ0v) is 11.2. The van der Waals surface area contributed by atoms with Crippen molar-refractivity contribution in [3.05, 3.63) is 20.8 Å². The van der Waals surface area contributed by atoms with Gasteiger partial charge in [0.1, 0.15) is 11.5 Å². The Morgan fingerprint density at radius 3 is 2.22 bits per heavy atom. The summed E-state index contributed by atoms with van der Waals surface area (Å²) in [5.74, 6) is 0.236. The van der Waals surface area contributed by atoms with Crippen molar-refractivity contribution in [2.75, 3.05) is 36.8 Å². The maximum atomic E-state index is 12.1. The third kappa shape index (κ3) is 2.23. The van der Waals surface area contributed by atoms with E-state index in [2.05, 4.69) is 5.32 Å². The lowest BCUT2D eigenvalue weighted by molar-refractivity contribution is -0.00000378. The van der Waals surface area contributed by atoms with Crippen LogP contribution in [0.5, 0.6) is 0 Å². The molecule has 0 spiro atoms. The number of aromatic nitrogens is 2. The Kier molecular flexibility index (Phi) is 4.42. The third-order valence-corrected chi connectivity index (χ3v) is 3.12. The van der Waals surface area contributed by atoms with E-state index in [0.717, 1.165) is 30.7 Å². The van der Waals surface area contributed by atoms with Crippen LogP contribution in [0.2, 0.25) is 0 Å². The van der Waals surface area contributed by atoms with Gasteiger partial charge in [0.2, 0.25) is 0 Å². The summed E-state index contributed by atoms with van der Waals surface area (Å²) in [6.07, 6.45) is 0. The maximum absolute atomic E-state index is 12.1. The predicted molar refractivity (Wildman–Crippen MR) is 66.4 cm³/mol. The van der Waals surface area contributed by atoms with Gasteiger partial charge in [-0.25, -0.2) is 4.79 Å². The number of hydrogen-bond acceptors (Lipinski definition) is 5. The summed E-state index contributed by atoms with van der Waals surface area (Å²) in [4.78, 5) is 25.7.